The molecule has 8 heteroatoms. The van der Waals surface area contributed by atoms with Gasteiger partial charge in [0.05, 0.1) is 0 Å². The number of benzene rings is 2. The molecule has 0 aliphatic heterocycles. The molecule has 0 radical (unpaired) electrons. The number of nitrogens with one attached hydrogen (secondary N) is 2. The number of ether oxygens (including phenoxy) is 1. The zero-order chi connectivity index (χ0) is 33.2. The van der Waals surface area contributed by atoms with E-state index in [0.717, 1.165) is 47.4 Å². The van der Waals surface area contributed by atoms with Gasteiger partial charge in [-0.15, -0.1) is 12.3 Å². The lowest BCUT2D eigenvalue weighted by atomic mass is 9.93. The Hall–Kier alpha value is -4.61. The molecule has 0 saturated carbocycles. The maximum Gasteiger partial charge on any atom is 0.323 e. The molecule has 2 N–H and O–H groups in total. The zero-order valence-electron chi connectivity index (χ0n) is 28.0. The molecule has 0 aliphatic rings. The largest absolute Gasteiger partial charge is 0.492 e. The second-order valence-corrected chi connectivity index (χ2v) is 12.0. The Balaban J connectivity index is 1.83. The number of amides is 2. The smallest absolute Gasteiger partial charge is 0.323 e. The van der Waals surface area contributed by atoms with Crippen LogP contribution >= 0.6 is 0 Å². The number of para-hydroxylation sites is 1. The lowest BCUT2D eigenvalue weighted by molar-refractivity contribution is 0.223. The minimum atomic E-state index is -0.488. The number of hydrogen-bond acceptors (Lipinski definition) is 5. The molecule has 8 nitrogen and oxygen atoms in total. The summed E-state index contributed by atoms with van der Waals surface area (Å²) >= 11 is 0. The fourth-order valence-electron chi connectivity index (χ4n) is 5.77. The molecule has 0 bridgehead atoms. The van der Waals surface area contributed by atoms with Crippen molar-refractivity contribution < 1.29 is 9.53 Å². The topological polar surface area (TPSA) is 88.5 Å². The Morgan fingerprint density at radius 1 is 0.978 bits per heavy atom. The Kier molecular flexibility index (Phi) is 12.0. The van der Waals surface area contributed by atoms with Gasteiger partial charge < -0.3 is 20.3 Å². The van der Waals surface area contributed by atoms with Crippen LogP contribution in [-0.2, 0) is 6.54 Å². The number of carbonyl (C=O) groups is 1. The van der Waals surface area contributed by atoms with Gasteiger partial charge in [-0.25, -0.2) is 9.78 Å². The molecule has 0 spiro atoms. The van der Waals surface area contributed by atoms with Gasteiger partial charge in [0.25, 0.3) is 5.56 Å². The number of fused-ring (bicyclic) bond motifs is 1. The first kappa shape index (κ1) is 34.3. The van der Waals surface area contributed by atoms with Crippen LogP contribution in [0.15, 0.2) is 65.6 Å². The van der Waals surface area contributed by atoms with E-state index in [1.807, 2.05) is 54.6 Å². The maximum absolute atomic E-state index is 14.3. The number of urea groups is 1. The van der Waals surface area contributed by atoms with Crippen molar-refractivity contribution in [3.63, 3.8) is 0 Å². The first-order valence-electron chi connectivity index (χ1n) is 16.3. The van der Waals surface area contributed by atoms with Gasteiger partial charge in [-0.1, -0.05) is 71.9 Å². The van der Waals surface area contributed by atoms with Crippen LogP contribution in [-0.4, -0.2) is 46.7 Å². The third-order valence-corrected chi connectivity index (χ3v) is 8.27. The van der Waals surface area contributed by atoms with E-state index in [4.69, 9.17) is 11.2 Å². The summed E-state index contributed by atoms with van der Waals surface area (Å²) in [6.07, 6.45) is 8.32. The summed E-state index contributed by atoms with van der Waals surface area (Å²) in [4.78, 5) is 35.1. The predicted octanol–water partition coefficient (Wildman–Crippen LogP) is 8.09. The molecule has 2 amide bonds. The fourth-order valence-corrected chi connectivity index (χ4v) is 5.77. The van der Waals surface area contributed by atoms with E-state index in [2.05, 4.69) is 68.0 Å². The highest BCUT2D eigenvalue weighted by Gasteiger charge is 2.23. The van der Waals surface area contributed by atoms with Crippen molar-refractivity contribution in [3.05, 3.63) is 82.3 Å². The van der Waals surface area contributed by atoms with Gasteiger partial charge in [0, 0.05) is 42.3 Å². The minimum absolute atomic E-state index is 0.173. The van der Waals surface area contributed by atoms with Gasteiger partial charge in [-0.3, -0.25) is 9.36 Å². The van der Waals surface area contributed by atoms with E-state index in [1.165, 1.54) is 0 Å². The Morgan fingerprint density at radius 2 is 1.65 bits per heavy atom. The maximum atomic E-state index is 14.3. The number of pyridine rings is 2. The molecule has 0 saturated heterocycles. The molecule has 0 aliphatic carbocycles. The molecule has 0 atom stereocenters. The molecule has 4 rings (SSSR count). The van der Waals surface area contributed by atoms with Crippen LogP contribution in [0.2, 0.25) is 0 Å². The van der Waals surface area contributed by atoms with Gasteiger partial charge in [0.1, 0.15) is 23.7 Å². The van der Waals surface area contributed by atoms with E-state index < -0.39 is 6.03 Å². The van der Waals surface area contributed by atoms with Crippen LogP contribution in [0.3, 0.4) is 0 Å². The van der Waals surface area contributed by atoms with E-state index in [9.17, 15) is 9.59 Å². The van der Waals surface area contributed by atoms with Crippen LogP contribution < -0.4 is 20.9 Å². The van der Waals surface area contributed by atoms with Crippen LogP contribution in [0.25, 0.3) is 22.2 Å². The molecule has 2 aromatic carbocycles. The molecular formula is C38H47N5O3. The summed E-state index contributed by atoms with van der Waals surface area (Å²) in [6, 6.07) is 17.0. The Bertz CT molecular complexity index is 1720. The lowest BCUT2D eigenvalue weighted by Gasteiger charge is -2.22. The van der Waals surface area contributed by atoms with Crippen molar-refractivity contribution in [2.45, 2.75) is 72.8 Å². The van der Waals surface area contributed by atoms with Gasteiger partial charge in [0.15, 0.2) is 0 Å². The molecule has 242 valence electrons. The molecule has 0 fully saturated rings. The quantitative estimate of drug-likeness (QED) is 0.110. The zero-order valence-corrected chi connectivity index (χ0v) is 28.0. The fraction of sp³-hybridized carbons (Fsp3) is 0.395. The number of rotatable bonds is 14. The normalized spacial score (nSPS) is 11.3. The minimum Gasteiger partial charge on any atom is -0.492 e. The summed E-state index contributed by atoms with van der Waals surface area (Å²) in [5.74, 6) is 3.71. The van der Waals surface area contributed by atoms with Crippen molar-refractivity contribution in [1.29, 1.82) is 0 Å². The monoisotopic (exact) mass is 621 g/mol. The summed E-state index contributed by atoms with van der Waals surface area (Å²) < 4.78 is 7.75. The molecular weight excluding hydrogens is 574 g/mol. The summed E-state index contributed by atoms with van der Waals surface area (Å²) in [5.41, 5.74) is 4.53. The first-order chi connectivity index (χ1) is 22.2. The number of unbranched alkanes of at least 4 members (excludes halogenated alkanes) is 1. The average molecular weight is 622 g/mol. The Morgan fingerprint density at radius 3 is 2.30 bits per heavy atom. The van der Waals surface area contributed by atoms with E-state index >= 15 is 0 Å². The second kappa shape index (κ2) is 16.1. The summed E-state index contributed by atoms with van der Waals surface area (Å²) in [7, 11) is 0. The van der Waals surface area contributed by atoms with E-state index in [0.29, 0.717) is 43.0 Å². The van der Waals surface area contributed by atoms with Crippen LogP contribution in [0.1, 0.15) is 77.3 Å². The highest BCUT2D eigenvalue weighted by molar-refractivity contribution is 6.07. The van der Waals surface area contributed by atoms with Gasteiger partial charge in [-0.05, 0) is 72.3 Å². The van der Waals surface area contributed by atoms with Gasteiger partial charge in [0.2, 0.25) is 0 Å². The SMILES string of the molecule is C#CCCCn1c(=O)c(NC(=O)Nc2c(C(C)C)cccc2C(C)C)c(-c2cccc(OCCN(CC)CC)c2)c2cccnc21. The third kappa shape index (κ3) is 7.96. The number of hydrogen-bond donors (Lipinski definition) is 2. The number of likely N-dealkylation sites (N-methyl/N-ethyl adjacent to an activating group) is 1. The lowest BCUT2D eigenvalue weighted by Crippen LogP contribution is -2.30. The Labute approximate surface area is 273 Å². The summed E-state index contributed by atoms with van der Waals surface area (Å²) in [5, 5.41) is 6.82. The van der Waals surface area contributed by atoms with Crippen molar-refractivity contribution in [2.75, 3.05) is 36.9 Å². The van der Waals surface area contributed by atoms with Crippen LogP contribution in [0, 0.1) is 12.3 Å². The number of aromatic nitrogens is 2. The van der Waals surface area contributed by atoms with Crippen molar-refractivity contribution in [3.8, 4) is 29.2 Å². The number of terminal acetylenes is 1. The van der Waals surface area contributed by atoms with E-state index in [-0.39, 0.29) is 23.1 Å². The average Bonchev–Trinajstić information content (AvgIpc) is 3.04. The predicted molar refractivity (Wildman–Crippen MR) is 190 cm³/mol. The van der Waals surface area contributed by atoms with Crippen LogP contribution in [0.4, 0.5) is 16.2 Å². The standard InChI is InChI=1S/C38H47N5O3/c1-8-11-12-22-43-36-32(20-15-21-39-36)33(28-16-13-17-29(25-28)46-24-23-42(9-2)10-3)35(37(43)44)41-38(45)40-34-30(26(4)5)18-14-19-31(34)27(6)7/h1,13-21,25-27H,9-12,22-24H2,2-7H3,(H2,40,41,45). The first-order valence-corrected chi connectivity index (χ1v) is 16.3. The molecule has 46 heavy (non-hydrogen) atoms. The molecule has 2 heterocycles. The molecule has 2 aromatic heterocycles. The number of nitrogens with zero attached hydrogens (tertiary/aromatic N) is 3. The highest BCUT2D eigenvalue weighted by atomic mass is 16.5. The van der Waals surface area contributed by atoms with Gasteiger partial charge in [-0.2, -0.15) is 0 Å². The summed E-state index contributed by atoms with van der Waals surface area (Å²) in [6.45, 7) is 16.3. The third-order valence-electron chi connectivity index (χ3n) is 8.27. The highest BCUT2D eigenvalue weighted by Crippen LogP contribution is 2.36. The van der Waals surface area contributed by atoms with Crippen molar-refractivity contribution in [2.24, 2.45) is 0 Å². The van der Waals surface area contributed by atoms with E-state index in [1.54, 1.807) is 10.8 Å². The van der Waals surface area contributed by atoms with Crippen LogP contribution in [0.5, 0.6) is 5.75 Å². The van der Waals surface area contributed by atoms with Gasteiger partial charge >= 0.3 is 6.03 Å². The number of anilines is 2. The number of carbonyl (C=O) groups excluding carboxylic acids is 1. The second-order valence-electron chi connectivity index (χ2n) is 12.0. The molecule has 4 aromatic rings. The number of aryl methyl sites for hydroxylation is 1. The molecule has 0 unspecified atom stereocenters. The van der Waals surface area contributed by atoms with Crippen molar-refractivity contribution in [1.82, 2.24) is 14.5 Å². The van der Waals surface area contributed by atoms with Crippen molar-refractivity contribution >= 4 is 28.4 Å².